The van der Waals surface area contributed by atoms with Crippen LogP contribution < -0.4 is 0 Å². The summed E-state index contributed by atoms with van der Waals surface area (Å²) >= 11 is 0. The Morgan fingerprint density at radius 3 is 2.17 bits per heavy atom. The fraction of sp³-hybridized carbons (Fsp3) is 0.480. The van der Waals surface area contributed by atoms with Crippen LogP contribution in [-0.4, -0.2) is 61.1 Å². The van der Waals surface area contributed by atoms with E-state index >= 15 is 0 Å². The van der Waals surface area contributed by atoms with E-state index in [4.69, 9.17) is 4.98 Å². The van der Waals surface area contributed by atoms with Gasteiger partial charge in [0.2, 0.25) is 20.0 Å². The van der Waals surface area contributed by atoms with Crippen molar-refractivity contribution in [2.24, 2.45) is 0 Å². The number of fused-ring (bicyclic) bond motifs is 1. The summed E-state index contributed by atoms with van der Waals surface area (Å²) in [6.45, 7) is 5.26. The third-order valence-corrected chi connectivity index (χ3v) is 11.2. The van der Waals surface area contributed by atoms with E-state index in [9.17, 15) is 16.8 Å². The van der Waals surface area contributed by atoms with Crippen LogP contribution in [0.25, 0.3) is 11.0 Å². The number of rotatable bonds is 5. The van der Waals surface area contributed by atoms with E-state index in [2.05, 4.69) is 11.1 Å². The summed E-state index contributed by atoms with van der Waals surface area (Å²) in [6, 6.07) is 11.7. The zero-order valence-corrected chi connectivity index (χ0v) is 21.8. The lowest BCUT2D eigenvalue weighted by Gasteiger charge is -2.32. The predicted molar refractivity (Wildman–Crippen MR) is 135 cm³/mol. The molecule has 5 rings (SSSR count). The number of hydrogen-bond donors (Lipinski definition) is 1. The highest BCUT2D eigenvalue weighted by molar-refractivity contribution is 7.89. The quantitative estimate of drug-likeness (QED) is 0.552. The Bertz CT molecular complexity index is 1420. The van der Waals surface area contributed by atoms with Gasteiger partial charge < -0.3 is 4.98 Å². The molecule has 1 aromatic heterocycles. The number of imidazole rings is 1. The highest BCUT2D eigenvalue weighted by atomic mass is 32.2. The molecule has 0 aliphatic carbocycles. The minimum atomic E-state index is -3.70. The Hall–Kier alpha value is -2.27. The number of hydrogen-bond acceptors (Lipinski definition) is 5. The number of nitrogens with zero attached hydrogens (tertiary/aromatic N) is 3. The van der Waals surface area contributed by atoms with Crippen molar-refractivity contribution < 1.29 is 16.8 Å². The van der Waals surface area contributed by atoms with Crippen LogP contribution in [0.1, 0.15) is 56.3 Å². The minimum absolute atomic E-state index is 0.0470. The van der Waals surface area contributed by atoms with Crippen molar-refractivity contribution in [3.63, 3.8) is 0 Å². The van der Waals surface area contributed by atoms with E-state index in [0.29, 0.717) is 32.5 Å². The molecule has 3 heterocycles. The first-order chi connectivity index (χ1) is 16.7. The Morgan fingerprint density at radius 2 is 1.51 bits per heavy atom. The van der Waals surface area contributed by atoms with Crippen LogP contribution in [-0.2, 0) is 20.0 Å². The highest BCUT2D eigenvalue weighted by Gasteiger charge is 2.33. The fourth-order valence-electron chi connectivity index (χ4n) is 5.20. The standard InChI is InChI=1S/C25H32N4O4S2/c1-18-6-11-23-24(17-18)27-25(26-23)20-12-15-28(16-13-20)34(30,31)21-7-9-22(10-8-21)35(32,33)29-14-4-3-5-19(29)2/h6-11,17,19-20H,3-5,12-16H2,1-2H3,(H,26,27)/t19-/m1/s1. The second-order valence-electron chi connectivity index (χ2n) is 9.75. The first-order valence-electron chi connectivity index (χ1n) is 12.2. The maximum atomic E-state index is 13.3. The van der Waals surface area contributed by atoms with Crippen LogP contribution in [0, 0.1) is 6.92 Å². The van der Waals surface area contributed by atoms with Crippen molar-refractivity contribution in [1.29, 1.82) is 0 Å². The number of nitrogens with one attached hydrogen (secondary N) is 1. The van der Waals surface area contributed by atoms with Gasteiger partial charge in [0.25, 0.3) is 0 Å². The average molecular weight is 517 g/mol. The molecule has 2 aromatic carbocycles. The van der Waals surface area contributed by atoms with Gasteiger partial charge in [-0.05, 0) is 81.5 Å². The van der Waals surface area contributed by atoms with E-state index in [1.54, 1.807) is 0 Å². The fourth-order valence-corrected chi connectivity index (χ4v) is 8.37. The van der Waals surface area contributed by atoms with Gasteiger partial charge in [-0.3, -0.25) is 0 Å². The van der Waals surface area contributed by atoms with E-state index in [-0.39, 0.29) is 21.8 Å². The zero-order valence-electron chi connectivity index (χ0n) is 20.1. The molecule has 2 saturated heterocycles. The van der Waals surface area contributed by atoms with Crippen molar-refractivity contribution in [3.8, 4) is 0 Å². The van der Waals surface area contributed by atoms with E-state index in [1.807, 2.05) is 26.0 Å². The Kier molecular flexibility index (Phi) is 6.50. The number of H-pyrrole nitrogens is 1. The lowest BCUT2D eigenvalue weighted by atomic mass is 9.97. The first kappa shape index (κ1) is 24.4. The molecule has 2 fully saturated rings. The molecular weight excluding hydrogens is 484 g/mol. The molecule has 0 unspecified atom stereocenters. The second-order valence-corrected chi connectivity index (χ2v) is 13.6. The molecule has 2 aliphatic rings. The zero-order chi connectivity index (χ0) is 24.8. The smallest absolute Gasteiger partial charge is 0.243 e. The van der Waals surface area contributed by atoms with Crippen molar-refractivity contribution in [2.45, 2.75) is 67.7 Å². The summed E-state index contributed by atoms with van der Waals surface area (Å²) in [5, 5.41) is 0. The largest absolute Gasteiger partial charge is 0.342 e. The molecule has 0 radical (unpaired) electrons. The van der Waals surface area contributed by atoms with Crippen LogP contribution in [0.15, 0.2) is 52.3 Å². The van der Waals surface area contributed by atoms with Crippen LogP contribution >= 0.6 is 0 Å². The first-order valence-corrected chi connectivity index (χ1v) is 15.1. The molecule has 1 atom stereocenters. The lowest BCUT2D eigenvalue weighted by molar-refractivity contribution is 0.268. The summed E-state index contributed by atoms with van der Waals surface area (Å²) in [4.78, 5) is 8.39. The maximum Gasteiger partial charge on any atom is 0.243 e. The molecule has 35 heavy (non-hydrogen) atoms. The van der Waals surface area contributed by atoms with Crippen LogP contribution in [0.4, 0.5) is 0 Å². The molecule has 3 aromatic rings. The number of aromatic nitrogens is 2. The van der Waals surface area contributed by atoms with Crippen molar-refractivity contribution in [1.82, 2.24) is 18.6 Å². The van der Waals surface area contributed by atoms with Crippen molar-refractivity contribution in [2.75, 3.05) is 19.6 Å². The maximum absolute atomic E-state index is 13.3. The normalized spacial score (nSPS) is 21.5. The molecular formula is C25H32N4O4S2. The number of aryl methyl sites for hydroxylation is 1. The number of aromatic amines is 1. The van der Waals surface area contributed by atoms with E-state index < -0.39 is 20.0 Å². The molecule has 1 N–H and O–H groups in total. The van der Waals surface area contributed by atoms with Gasteiger partial charge in [0.1, 0.15) is 5.82 Å². The number of sulfonamides is 2. The van der Waals surface area contributed by atoms with Crippen molar-refractivity contribution >= 4 is 31.1 Å². The average Bonchev–Trinajstić information content (AvgIpc) is 3.27. The molecule has 8 nitrogen and oxygen atoms in total. The summed E-state index contributed by atoms with van der Waals surface area (Å²) in [5.74, 6) is 1.08. The van der Waals surface area contributed by atoms with Gasteiger partial charge in [0, 0.05) is 31.6 Å². The van der Waals surface area contributed by atoms with Gasteiger partial charge in [-0.25, -0.2) is 21.8 Å². The Labute approximate surface area is 207 Å². The van der Waals surface area contributed by atoms with Gasteiger partial charge in [0.15, 0.2) is 0 Å². The Balaban J connectivity index is 1.28. The molecule has 0 amide bonds. The molecule has 0 bridgehead atoms. The van der Waals surface area contributed by atoms with Gasteiger partial charge >= 0.3 is 0 Å². The molecule has 188 valence electrons. The number of benzene rings is 2. The van der Waals surface area contributed by atoms with Crippen LogP contribution in [0.2, 0.25) is 0 Å². The minimum Gasteiger partial charge on any atom is -0.342 e. The molecule has 0 saturated carbocycles. The van der Waals surface area contributed by atoms with Gasteiger partial charge in [0.05, 0.1) is 20.8 Å². The van der Waals surface area contributed by atoms with Gasteiger partial charge in [-0.15, -0.1) is 0 Å². The lowest BCUT2D eigenvalue weighted by Crippen LogP contribution is -2.41. The summed E-state index contributed by atoms with van der Waals surface area (Å²) < 4.78 is 55.7. The number of piperidine rings is 2. The highest BCUT2D eigenvalue weighted by Crippen LogP contribution is 2.31. The molecule has 10 heteroatoms. The van der Waals surface area contributed by atoms with Crippen LogP contribution in [0.5, 0.6) is 0 Å². The topological polar surface area (TPSA) is 103 Å². The van der Waals surface area contributed by atoms with E-state index in [1.165, 1.54) is 32.9 Å². The SMILES string of the molecule is Cc1ccc2nc(C3CCN(S(=O)(=O)c4ccc(S(=O)(=O)N5CCCC[C@H]5C)cc4)CC3)[nH]c2c1. The Morgan fingerprint density at radius 1 is 0.857 bits per heavy atom. The van der Waals surface area contributed by atoms with Gasteiger partial charge in [-0.1, -0.05) is 12.5 Å². The summed E-state index contributed by atoms with van der Waals surface area (Å²) in [7, 11) is -7.34. The second kappa shape index (κ2) is 9.31. The van der Waals surface area contributed by atoms with Crippen molar-refractivity contribution in [3.05, 3.63) is 53.9 Å². The summed E-state index contributed by atoms with van der Waals surface area (Å²) in [5.41, 5.74) is 3.09. The third kappa shape index (κ3) is 4.64. The van der Waals surface area contributed by atoms with Crippen LogP contribution in [0.3, 0.4) is 0 Å². The molecule has 0 spiro atoms. The molecule has 2 aliphatic heterocycles. The third-order valence-electron chi connectivity index (χ3n) is 7.31. The van der Waals surface area contributed by atoms with Gasteiger partial charge in [-0.2, -0.15) is 8.61 Å². The predicted octanol–water partition coefficient (Wildman–Crippen LogP) is 4.00. The summed E-state index contributed by atoms with van der Waals surface area (Å²) in [6.07, 6.45) is 4.07. The van der Waals surface area contributed by atoms with E-state index in [0.717, 1.165) is 41.7 Å². The monoisotopic (exact) mass is 516 g/mol.